The first-order chi connectivity index (χ1) is 18.4. The molecule has 7 nitrogen and oxygen atoms in total. The zero-order valence-corrected chi connectivity index (χ0v) is 21.5. The van der Waals surface area contributed by atoms with Crippen LogP contribution in [0.2, 0.25) is 0 Å². The Hall–Kier alpha value is -4.25. The minimum absolute atomic E-state index is 0.264. The molecule has 1 aliphatic rings. The smallest absolute Gasteiger partial charge is 0.274 e. The lowest BCUT2D eigenvalue weighted by Crippen LogP contribution is -2.38. The topological polar surface area (TPSA) is 123 Å². The molecule has 7 heteroatoms. The molecule has 1 aliphatic carbocycles. The quantitative estimate of drug-likeness (QED) is 0.291. The van der Waals surface area contributed by atoms with Gasteiger partial charge in [-0.1, -0.05) is 49.2 Å². The molecule has 38 heavy (non-hydrogen) atoms. The summed E-state index contributed by atoms with van der Waals surface area (Å²) in [5, 5.41) is 16.8. The van der Waals surface area contributed by atoms with E-state index in [0.717, 1.165) is 46.8 Å². The van der Waals surface area contributed by atoms with Gasteiger partial charge in [0.2, 0.25) is 0 Å². The molecule has 192 valence electrons. The maximum absolute atomic E-state index is 13.4. The van der Waals surface area contributed by atoms with Crippen LogP contribution in [0.1, 0.15) is 64.1 Å². The number of nitrogens with one attached hydrogen (secondary N) is 1. The van der Waals surface area contributed by atoms with Crippen molar-refractivity contribution in [3.05, 3.63) is 113 Å². The summed E-state index contributed by atoms with van der Waals surface area (Å²) in [5.41, 5.74) is 18.2. The number of nitrogens with zero attached hydrogens (tertiary/aromatic N) is 3. The lowest BCUT2D eigenvalue weighted by molar-refractivity contribution is 0.101. The van der Waals surface area contributed by atoms with Crippen molar-refractivity contribution in [2.24, 2.45) is 17.4 Å². The van der Waals surface area contributed by atoms with Gasteiger partial charge in [0.25, 0.3) is 5.91 Å². The Labute approximate surface area is 223 Å². The Balaban J connectivity index is 1.44. The van der Waals surface area contributed by atoms with Crippen molar-refractivity contribution in [2.75, 3.05) is 5.32 Å². The number of carbonyl (C=O) groups excluding carboxylic acids is 1. The Morgan fingerprint density at radius 1 is 1.08 bits per heavy atom. The molecule has 1 aromatic heterocycles. The maximum Gasteiger partial charge on any atom is 0.274 e. The van der Waals surface area contributed by atoms with E-state index >= 15 is 0 Å². The molecule has 5 rings (SSSR count). The average molecular weight is 505 g/mol. The highest BCUT2D eigenvalue weighted by Crippen LogP contribution is 2.40. The van der Waals surface area contributed by atoms with Gasteiger partial charge in [-0.25, -0.2) is 4.68 Å². The number of benzene rings is 3. The lowest BCUT2D eigenvalue weighted by atomic mass is 9.79. The summed E-state index contributed by atoms with van der Waals surface area (Å²) in [6, 6.07) is 26.9. The van der Waals surface area contributed by atoms with E-state index in [0.29, 0.717) is 23.5 Å². The van der Waals surface area contributed by atoms with Gasteiger partial charge in [-0.15, -0.1) is 0 Å². The van der Waals surface area contributed by atoms with Crippen LogP contribution < -0.4 is 16.8 Å². The van der Waals surface area contributed by atoms with Crippen LogP contribution in [0.15, 0.2) is 78.9 Å². The van der Waals surface area contributed by atoms with E-state index in [2.05, 4.69) is 16.5 Å². The van der Waals surface area contributed by atoms with Crippen molar-refractivity contribution in [2.45, 2.75) is 44.7 Å². The predicted molar refractivity (Wildman–Crippen MR) is 149 cm³/mol. The molecule has 1 unspecified atom stereocenters. The van der Waals surface area contributed by atoms with Gasteiger partial charge in [0.1, 0.15) is 5.69 Å². The molecule has 1 saturated carbocycles. The Morgan fingerprint density at radius 3 is 2.55 bits per heavy atom. The number of anilines is 1. The maximum atomic E-state index is 13.4. The molecule has 4 aromatic rings. The van der Waals surface area contributed by atoms with E-state index in [1.54, 1.807) is 10.7 Å². The van der Waals surface area contributed by atoms with E-state index in [-0.39, 0.29) is 5.91 Å². The molecule has 5 N–H and O–H groups in total. The standard InChI is InChI=1S/C31H32N6O/c1-21-16-29(37(36-21)28-7-2-4-24(17-28)20-33)30(38)35-27-6-3-5-26(18-27)31(34,15-14-22-8-9-22)25-12-10-23(19-32)11-13-25/h2-7,10-13,16-18,22H,8-9,14-15,20,33-34H2,1H3,(H,35,38). The van der Waals surface area contributed by atoms with Gasteiger partial charge in [0.05, 0.1) is 28.6 Å². The number of aryl methyl sites for hydroxylation is 1. The number of nitrogens with two attached hydrogens (primary N) is 2. The molecule has 1 fully saturated rings. The summed E-state index contributed by atoms with van der Waals surface area (Å²) >= 11 is 0. The minimum Gasteiger partial charge on any atom is -0.326 e. The molecule has 0 bridgehead atoms. The van der Waals surface area contributed by atoms with Crippen molar-refractivity contribution >= 4 is 11.6 Å². The molecule has 0 radical (unpaired) electrons. The fraction of sp³-hybridized carbons (Fsp3) is 0.258. The monoisotopic (exact) mass is 504 g/mol. The molecule has 1 atom stereocenters. The molecule has 0 saturated heterocycles. The second kappa shape index (κ2) is 10.6. The van der Waals surface area contributed by atoms with Crippen LogP contribution in [0.4, 0.5) is 5.69 Å². The highest BCUT2D eigenvalue weighted by molar-refractivity contribution is 6.03. The lowest BCUT2D eigenvalue weighted by Gasteiger charge is -2.31. The zero-order chi connectivity index (χ0) is 26.7. The van der Waals surface area contributed by atoms with Crippen LogP contribution in [-0.4, -0.2) is 15.7 Å². The molecule has 1 heterocycles. The van der Waals surface area contributed by atoms with Crippen molar-refractivity contribution in [3.63, 3.8) is 0 Å². The molecule has 3 aromatic carbocycles. The SMILES string of the molecule is Cc1cc(C(=O)Nc2cccc(C(N)(CCC3CC3)c3ccc(C#N)cc3)c2)n(-c2cccc(CN)c2)n1. The fourth-order valence-electron chi connectivity index (χ4n) is 4.88. The van der Waals surface area contributed by atoms with Crippen LogP contribution in [0.5, 0.6) is 0 Å². The Bertz CT molecular complexity index is 1500. The number of carbonyl (C=O) groups is 1. The van der Waals surface area contributed by atoms with Crippen molar-refractivity contribution in [3.8, 4) is 11.8 Å². The Morgan fingerprint density at radius 2 is 1.84 bits per heavy atom. The van der Waals surface area contributed by atoms with Crippen LogP contribution in [-0.2, 0) is 12.1 Å². The van der Waals surface area contributed by atoms with Gasteiger partial charge < -0.3 is 16.8 Å². The fourth-order valence-corrected chi connectivity index (χ4v) is 4.88. The summed E-state index contributed by atoms with van der Waals surface area (Å²) in [5.74, 6) is 0.459. The van der Waals surface area contributed by atoms with E-state index in [9.17, 15) is 10.1 Å². The van der Waals surface area contributed by atoms with E-state index in [4.69, 9.17) is 11.5 Å². The Kier molecular flexibility index (Phi) is 7.10. The van der Waals surface area contributed by atoms with Gasteiger partial charge in [-0.2, -0.15) is 10.4 Å². The third-order valence-electron chi connectivity index (χ3n) is 7.26. The number of amides is 1. The number of hydrogen-bond acceptors (Lipinski definition) is 5. The summed E-state index contributed by atoms with van der Waals surface area (Å²) in [7, 11) is 0. The van der Waals surface area contributed by atoms with Crippen LogP contribution >= 0.6 is 0 Å². The summed E-state index contributed by atoms with van der Waals surface area (Å²) < 4.78 is 1.65. The first-order valence-electron chi connectivity index (χ1n) is 13.0. The highest BCUT2D eigenvalue weighted by atomic mass is 16.2. The normalized spacial score (nSPS) is 14.5. The molecule has 0 aliphatic heterocycles. The first-order valence-corrected chi connectivity index (χ1v) is 13.0. The molecule has 1 amide bonds. The van der Waals surface area contributed by atoms with Crippen LogP contribution in [0.3, 0.4) is 0 Å². The third-order valence-corrected chi connectivity index (χ3v) is 7.26. The van der Waals surface area contributed by atoms with Crippen molar-refractivity contribution in [1.29, 1.82) is 5.26 Å². The molecular weight excluding hydrogens is 472 g/mol. The molecular formula is C31H32N6O. The van der Waals surface area contributed by atoms with Crippen LogP contribution in [0.25, 0.3) is 5.69 Å². The number of hydrogen-bond donors (Lipinski definition) is 3. The van der Waals surface area contributed by atoms with Gasteiger partial charge in [0, 0.05) is 12.2 Å². The van der Waals surface area contributed by atoms with Crippen LogP contribution in [0, 0.1) is 24.2 Å². The van der Waals surface area contributed by atoms with Crippen molar-refractivity contribution < 1.29 is 4.79 Å². The van der Waals surface area contributed by atoms with E-state index in [1.165, 1.54) is 12.8 Å². The zero-order valence-electron chi connectivity index (χ0n) is 21.5. The summed E-state index contributed by atoms with van der Waals surface area (Å²) in [6.07, 6.45) is 4.32. The van der Waals surface area contributed by atoms with E-state index in [1.807, 2.05) is 79.7 Å². The first kappa shape index (κ1) is 25.4. The largest absolute Gasteiger partial charge is 0.326 e. The second-order valence-electron chi connectivity index (χ2n) is 10.1. The molecule has 0 spiro atoms. The van der Waals surface area contributed by atoms with E-state index < -0.39 is 5.54 Å². The number of rotatable bonds is 9. The van der Waals surface area contributed by atoms with Crippen molar-refractivity contribution in [1.82, 2.24) is 9.78 Å². The van der Waals surface area contributed by atoms with Gasteiger partial charge in [-0.05, 0) is 84.8 Å². The average Bonchev–Trinajstić information content (AvgIpc) is 3.70. The number of nitriles is 1. The number of aromatic nitrogens is 2. The van der Waals surface area contributed by atoms with Gasteiger partial charge in [0.15, 0.2) is 0 Å². The predicted octanol–water partition coefficient (Wildman–Crippen LogP) is 5.16. The van der Waals surface area contributed by atoms with Gasteiger partial charge in [-0.3, -0.25) is 4.79 Å². The van der Waals surface area contributed by atoms with Gasteiger partial charge >= 0.3 is 0 Å². The summed E-state index contributed by atoms with van der Waals surface area (Å²) in [6.45, 7) is 2.27. The highest BCUT2D eigenvalue weighted by Gasteiger charge is 2.33. The minimum atomic E-state index is -0.738. The second-order valence-corrected chi connectivity index (χ2v) is 10.1. The third kappa shape index (κ3) is 5.37. The summed E-state index contributed by atoms with van der Waals surface area (Å²) in [4.78, 5) is 13.4.